The van der Waals surface area contributed by atoms with Crippen molar-refractivity contribution in [1.82, 2.24) is 0 Å². The fraction of sp³-hybridized carbons (Fsp3) is 0.833. The quantitative estimate of drug-likeness (QED) is 0.529. The molecule has 0 bridgehead atoms. The minimum absolute atomic E-state index is 0.0292. The van der Waals surface area contributed by atoms with Crippen LogP contribution in [0, 0.1) is 11.8 Å². The van der Waals surface area contributed by atoms with Crippen molar-refractivity contribution >= 4 is 14.1 Å². The van der Waals surface area contributed by atoms with Crippen molar-refractivity contribution in [3.05, 3.63) is 11.6 Å². The zero-order valence-corrected chi connectivity index (χ0v) is 17.0. The fourth-order valence-electron chi connectivity index (χ4n) is 3.52. The summed E-state index contributed by atoms with van der Waals surface area (Å²) < 4.78 is 29.2. The maximum Gasteiger partial charge on any atom is 0.192 e. The van der Waals surface area contributed by atoms with Crippen LogP contribution in [0.15, 0.2) is 11.6 Å². The Morgan fingerprint density at radius 1 is 1.28 bits per heavy atom. The molecule has 1 aliphatic carbocycles. The van der Waals surface area contributed by atoms with Crippen LogP contribution < -0.4 is 0 Å². The van der Waals surface area contributed by atoms with Gasteiger partial charge < -0.3 is 23.4 Å². The van der Waals surface area contributed by atoms with Gasteiger partial charge in [-0.3, -0.25) is 4.79 Å². The monoisotopic (exact) mass is 370 g/mol. The van der Waals surface area contributed by atoms with E-state index in [0.717, 1.165) is 5.57 Å². The van der Waals surface area contributed by atoms with Crippen LogP contribution in [-0.4, -0.2) is 59.7 Å². The highest BCUT2D eigenvalue weighted by Gasteiger charge is 2.56. The highest BCUT2D eigenvalue weighted by Crippen LogP contribution is 2.47. The van der Waals surface area contributed by atoms with Gasteiger partial charge in [-0.05, 0) is 29.8 Å². The van der Waals surface area contributed by atoms with E-state index in [2.05, 4.69) is 33.9 Å². The number of hydrogen-bond acceptors (Lipinski definition) is 6. The lowest BCUT2D eigenvalue weighted by Gasteiger charge is -2.43. The summed E-state index contributed by atoms with van der Waals surface area (Å²) >= 11 is 0. The van der Waals surface area contributed by atoms with Gasteiger partial charge in [0.25, 0.3) is 0 Å². The van der Waals surface area contributed by atoms with Crippen molar-refractivity contribution in [2.75, 3.05) is 27.1 Å². The molecule has 5 atom stereocenters. The molecule has 3 rings (SSSR count). The molecule has 2 aliphatic heterocycles. The number of methoxy groups -OCH3 is 1. The Kier molecular flexibility index (Phi) is 5.27. The number of rotatable bonds is 6. The number of ether oxygens (including phenoxy) is 4. The lowest BCUT2D eigenvalue weighted by molar-refractivity contribution is -0.258. The summed E-state index contributed by atoms with van der Waals surface area (Å²) in [5.41, 5.74) is 1.02. The summed E-state index contributed by atoms with van der Waals surface area (Å²) in [4.78, 5) is 12.5. The van der Waals surface area contributed by atoms with E-state index in [0.29, 0.717) is 13.2 Å². The summed E-state index contributed by atoms with van der Waals surface area (Å²) in [7, 11) is -0.352. The van der Waals surface area contributed by atoms with Crippen LogP contribution in [0.25, 0.3) is 0 Å². The van der Waals surface area contributed by atoms with Crippen LogP contribution in [0.1, 0.15) is 20.8 Å². The first-order chi connectivity index (χ1) is 11.7. The second-order valence-corrected chi connectivity index (χ2v) is 13.4. The molecule has 2 saturated heterocycles. The molecule has 0 spiro atoms. The largest absolute Gasteiger partial charge is 0.414 e. The van der Waals surface area contributed by atoms with Crippen molar-refractivity contribution in [1.29, 1.82) is 0 Å². The SMILES string of the molecule is COCO[C@H]1[C@H]2C(=O)C=C3CO[C@@H](O[C@@H]1CO[Si](C)(C)C(C)(C)C)[C@H]32. The molecule has 2 fully saturated rings. The summed E-state index contributed by atoms with van der Waals surface area (Å²) in [6.07, 6.45) is 0.608. The van der Waals surface area contributed by atoms with E-state index >= 15 is 0 Å². The summed E-state index contributed by atoms with van der Waals surface area (Å²) in [6, 6.07) is 0. The van der Waals surface area contributed by atoms with Crippen LogP contribution >= 0.6 is 0 Å². The topological polar surface area (TPSA) is 63.2 Å². The molecule has 0 aromatic carbocycles. The molecule has 7 heteroatoms. The van der Waals surface area contributed by atoms with Gasteiger partial charge in [0, 0.05) is 13.0 Å². The standard InChI is InChI=1S/C18H30O6Si/c1-18(2,3)25(5,6)23-9-13-16(22-10-20-4)15-12(19)7-11-8-21-17(24-13)14(11)15/h7,13-17H,8-10H2,1-6H3/t13-,14-,15+,16-,17+/m1/s1. The number of hydrogen-bond donors (Lipinski definition) is 0. The van der Waals surface area contributed by atoms with E-state index in [4.69, 9.17) is 23.4 Å². The van der Waals surface area contributed by atoms with Crippen LogP contribution in [0.2, 0.25) is 18.1 Å². The van der Waals surface area contributed by atoms with E-state index in [-0.39, 0.29) is 47.9 Å². The fourth-order valence-corrected chi connectivity index (χ4v) is 4.53. The van der Waals surface area contributed by atoms with Crippen molar-refractivity contribution in [2.45, 2.75) is 57.4 Å². The third kappa shape index (κ3) is 3.50. The minimum Gasteiger partial charge on any atom is -0.414 e. The Hall–Kier alpha value is -0.573. The van der Waals surface area contributed by atoms with Gasteiger partial charge in [-0.1, -0.05) is 20.8 Å². The average molecular weight is 371 g/mol. The van der Waals surface area contributed by atoms with E-state index in [9.17, 15) is 4.79 Å². The molecule has 0 radical (unpaired) electrons. The Morgan fingerprint density at radius 2 is 2.00 bits per heavy atom. The summed E-state index contributed by atoms with van der Waals surface area (Å²) in [5, 5.41) is 0.106. The van der Waals surface area contributed by atoms with Gasteiger partial charge in [0.15, 0.2) is 20.4 Å². The Labute approximate surface area is 150 Å². The van der Waals surface area contributed by atoms with Crippen molar-refractivity contribution < 1.29 is 28.2 Å². The highest BCUT2D eigenvalue weighted by atomic mass is 28.4. The smallest absolute Gasteiger partial charge is 0.192 e. The van der Waals surface area contributed by atoms with Crippen LogP contribution in [0.3, 0.4) is 0 Å². The molecule has 0 unspecified atom stereocenters. The first-order valence-electron chi connectivity index (χ1n) is 8.91. The molecule has 142 valence electrons. The van der Waals surface area contributed by atoms with E-state index in [1.165, 1.54) is 0 Å². The van der Waals surface area contributed by atoms with Crippen molar-refractivity contribution in [2.24, 2.45) is 11.8 Å². The van der Waals surface area contributed by atoms with Crippen molar-refractivity contribution in [3.8, 4) is 0 Å². The molecule has 25 heavy (non-hydrogen) atoms. The predicted molar refractivity (Wildman–Crippen MR) is 94.6 cm³/mol. The maximum absolute atomic E-state index is 12.5. The molecule has 0 N–H and O–H groups in total. The molecule has 0 amide bonds. The normalized spacial score (nSPS) is 35.0. The number of ketones is 1. The zero-order valence-electron chi connectivity index (χ0n) is 16.0. The first kappa shape index (κ1) is 19.2. The van der Waals surface area contributed by atoms with Crippen LogP contribution in [0.5, 0.6) is 0 Å². The van der Waals surface area contributed by atoms with Gasteiger partial charge >= 0.3 is 0 Å². The molecule has 3 aliphatic rings. The maximum atomic E-state index is 12.5. The Balaban J connectivity index is 1.76. The molecule has 6 nitrogen and oxygen atoms in total. The van der Waals surface area contributed by atoms with Gasteiger partial charge in [-0.25, -0.2) is 0 Å². The molecule has 2 heterocycles. The summed E-state index contributed by atoms with van der Waals surface area (Å²) in [6.45, 7) is 12.0. The van der Waals surface area contributed by atoms with E-state index < -0.39 is 8.32 Å². The molecule has 0 saturated carbocycles. The van der Waals surface area contributed by atoms with Gasteiger partial charge in [0.2, 0.25) is 0 Å². The summed E-state index contributed by atoms with van der Waals surface area (Å²) in [5.74, 6) is -0.187. The zero-order chi connectivity index (χ0) is 18.4. The van der Waals surface area contributed by atoms with E-state index in [1.54, 1.807) is 13.2 Å². The van der Waals surface area contributed by atoms with Crippen molar-refractivity contribution in [3.63, 3.8) is 0 Å². The highest BCUT2D eigenvalue weighted by molar-refractivity contribution is 6.74. The predicted octanol–water partition coefficient (Wildman–Crippen LogP) is 2.49. The second kappa shape index (κ2) is 6.87. The number of allylic oxidation sites excluding steroid dienone is 1. The van der Waals surface area contributed by atoms with Crippen LogP contribution in [-0.2, 0) is 28.2 Å². The third-order valence-corrected chi connectivity index (χ3v) is 10.5. The van der Waals surface area contributed by atoms with Gasteiger partial charge in [-0.2, -0.15) is 0 Å². The van der Waals surface area contributed by atoms with Gasteiger partial charge in [0.1, 0.15) is 12.9 Å². The first-order valence-corrected chi connectivity index (χ1v) is 11.8. The van der Waals surface area contributed by atoms with Gasteiger partial charge in [0.05, 0.1) is 25.2 Å². The average Bonchev–Trinajstić information content (AvgIpc) is 3.06. The lowest BCUT2D eigenvalue weighted by Crippen LogP contribution is -2.55. The lowest BCUT2D eigenvalue weighted by atomic mass is 9.82. The second-order valence-electron chi connectivity index (χ2n) is 8.64. The van der Waals surface area contributed by atoms with Gasteiger partial charge in [-0.15, -0.1) is 0 Å². The number of carbonyl (C=O) groups is 1. The Bertz CT molecular complexity index is 552. The molecular weight excluding hydrogens is 340 g/mol. The molecular formula is C18H30O6Si. The molecule has 0 aromatic heterocycles. The Morgan fingerprint density at radius 3 is 2.64 bits per heavy atom. The van der Waals surface area contributed by atoms with E-state index in [1.807, 2.05) is 0 Å². The number of carbonyl (C=O) groups excluding carboxylic acids is 1. The molecule has 0 aromatic rings. The third-order valence-electron chi connectivity index (χ3n) is 6.00. The minimum atomic E-state index is -1.93. The van der Waals surface area contributed by atoms with Crippen LogP contribution in [0.4, 0.5) is 0 Å².